The Morgan fingerprint density at radius 3 is 2.11 bits per heavy atom. The number of H-pyrrole nitrogens is 1. The standard InChI is InChI=1S/C31H41N5O/c32-26-17-9-7-16-25(26)29(30(37)27(33)19-21-20-34-28-18-10-8-15-24(21)28)31(35-22-11-3-1-4-12-22)36-23-13-5-2-6-14-23/h7-10,15-18,20,22-23,27,34-36H,1-6,11-14,19,32-33H2. The Bertz CT molecular complexity index is 1140. The number of nitrogens with one attached hydrogen (secondary N) is 3. The summed E-state index contributed by atoms with van der Waals surface area (Å²) < 4.78 is 0. The maximum Gasteiger partial charge on any atom is 0.165 e. The molecular weight excluding hydrogens is 458 g/mol. The molecule has 0 bridgehead atoms. The van der Waals surface area contributed by atoms with Crippen LogP contribution in [0.2, 0.25) is 0 Å². The highest BCUT2D eigenvalue weighted by Gasteiger charge is 2.38. The van der Waals surface area contributed by atoms with E-state index >= 15 is 0 Å². The van der Waals surface area contributed by atoms with Crippen molar-refractivity contribution in [2.45, 2.75) is 88.8 Å². The Kier molecular flexibility index (Phi) is 8.59. The Morgan fingerprint density at radius 2 is 1.46 bits per heavy atom. The molecule has 1 heterocycles. The van der Waals surface area contributed by atoms with E-state index in [9.17, 15) is 4.79 Å². The number of Topliss-reactive ketones (excluding diaryl/α,β-unsaturated/α-hetero) is 1. The van der Waals surface area contributed by atoms with Gasteiger partial charge in [-0.25, -0.2) is 0 Å². The largest absolute Gasteiger partial charge is 0.398 e. The molecular formula is C31H41N5O. The zero-order valence-corrected chi connectivity index (χ0v) is 21.8. The molecule has 2 aromatic carbocycles. The number of aromatic amines is 1. The van der Waals surface area contributed by atoms with Crippen LogP contribution < -0.4 is 22.1 Å². The van der Waals surface area contributed by atoms with Crippen molar-refractivity contribution in [2.24, 2.45) is 5.73 Å². The number of carbonyl (C=O) groups excluding carboxylic acids is 1. The summed E-state index contributed by atoms with van der Waals surface area (Å²) in [6.07, 6.45) is 15.1. The van der Waals surface area contributed by atoms with Gasteiger partial charge in [-0.15, -0.1) is 0 Å². The summed E-state index contributed by atoms with van der Waals surface area (Å²) in [5.74, 6) is 0.520. The first-order valence-corrected chi connectivity index (χ1v) is 14.1. The van der Waals surface area contributed by atoms with Crippen molar-refractivity contribution in [3.05, 3.63) is 77.9 Å². The molecule has 7 N–H and O–H groups in total. The number of carbonyl (C=O) groups is 1. The van der Waals surface area contributed by atoms with Crippen LogP contribution in [0, 0.1) is 12.1 Å². The number of rotatable bonds is 10. The van der Waals surface area contributed by atoms with Gasteiger partial charge in [-0.05, 0) is 55.4 Å². The van der Waals surface area contributed by atoms with Crippen LogP contribution in [0.25, 0.3) is 10.9 Å². The second-order valence-corrected chi connectivity index (χ2v) is 10.8. The van der Waals surface area contributed by atoms with E-state index in [0.29, 0.717) is 30.1 Å². The van der Waals surface area contributed by atoms with Gasteiger partial charge in [0, 0.05) is 34.9 Å². The van der Waals surface area contributed by atoms with Gasteiger partial charge in [0.25, 0.3) is 0 Å². The Morgan fingerprint density at radius 1 is 0.865 bits per heavy atom. The van der Waals surface area contributed by atoms with Gasteiger partial charge in [-0.2, -0.15) is 0 Å². The third-order valence-electron chi connectivity index (χ3n) is 8.09. The van der Waals surface area contributed by atoms with Gasteiger partial charge in [0.2, 0.25) is 0 Å². The van der Waals surface area contributed by atoms with Gasteiger partial charge < -0.3 is 16.5 Å². The second kappa shape index (κ2) is 12.2. The first-order valence-electron chi connectivity index (χ1n) is 14.1. The molecule has 3 aromatic rings. The van der Waals surface area contributed by atoms with E-state index in [1.165, 1.54) is 38.5 Å². The van der Waals surface area contributed by atoms with Gasteiger partial charge in [0.15, 0.2) is 5.78 Å². The number of anilines is 1. The molecule has 2 saturated carbocycles. The van der Waals surface area contributed by atoms with Crippen molar-refractivity contribution in [1.82, 2.24) is 15.6 Å². The Labute approximate surface area is 221 Å². The van der Waals surface area contributed by atoms with Gasteiger partial charge in [-0.1, -0.05) is 74.9 Å². The minimum absolute atomic E-state index is 0.0789. The lowest BCUT2D eigenvalue weighted by Crippen LogP contribution is -2.53. The number of fused-ring (bicyclic) bond motifs is 1. The first kappa shape index (κ1) is 26.0. The summed E-state index contributed by atoms with van der Waals surface area (Å²) in [5, 5.41) is 8.68. The molecule has 0 amide bonds. The monoisotopic (exact) mass is 499 g/mol. The minimum Gasteiger partial charge on any atom is -0.398 e. The predicted molar refractivity (Wildman–Crippen MR) is 151 cm³/mol. The summed E-state index contributed by atoms with van der Waals surface area (Å²) in [4.78, 5) is 17.6. The maximum atomic E-state index is 14.3. The SMILES string of the molecule is Nc1ccccc1[C]([C](NC1CCCCC1)NC1CCCCC1)C(=O)C(N)Cc1c[nH]c2ccccc12. The molecule has 5 rings (SSSR count). The van der Waals surface area contributed by atoms with Crippen LogP contribution in [0.15, 0.2) is 54.7 Å². The number of nitrogen functional groups attached to an aromatic ring is 1. The lowest BCUT2D eigenvalue weighted by Gasteiger charge is -2.36. The number of benzene rings is 2. The molecule has 37 heavy (non-hydrogen) atoms. The predicted octanol–water partition coefficient (Wildman–Crippen LogP) is 5.15. The quantitative estimate of drug-likeness (QED) is 0.248. The molecule has 1 aromatic heterocycles. The van der Waals surface area contributed by atoms with E-state index in [4.69, 9.17) is 11.5 Å². The number of hydrogen-bond acceptors (Lipinski definition) is 5. The molecule has 0 spiro atoms. The Balaban J connectivity index is 1.45. The zero-order valence-electron chi connectivity index (χ0n) is 21.8. The van der Waals surface area contributed by atoms with E-state index in [2.05, 4.69) is 21.7 Å². The fourth-order valence-electron chi connectivity index (χ4n) is 6.02. The van der Waals surface area contributed by atoms with E-state index in [0.717, 1.165) is 53.9 Å². The molecule has 1 atom stereocenters. The minimum atomic E-state index is -0.690. The van der Waals surface area contributed by atoms with Crippen molar-refractivity contribution in [2.75, 3.05) is 5.73 Å². The van der Waals surface area contributed by atoms with Crippen LogP contribution in [-0.2, 0) is 11.2 Å². The van der Waals surface area contributed by atoms with Gasteiger partial charge >= 0.3 is 0 Å². The molecule has 196 valence electrons. The summed E-state index contributed by atoms with van der Waals surface area (Å²) in [6, 6.07) is 15.8. The number of para-hydroxylation sites is 2. The topological polar surface area (TPSA) is 109 Å². The van der Waals surface area contributed by atoms with E-state index in [1.54, 1.807) is 0 Å². The number of aromatic nitrogens is 1. The molecule has 0 saturated heterocycles. The highest BCUT2D eigenvalue weighted by Crippen LogP contribution is 2.33. The van der Waals surface area contributed by atoms with Crippen LogP contribution in [0.1, 0.15) is 75.3 Å². The van der Waals surface area contributed by atoms with Gasteiger partial charge in [-0.3, -0.25) is 15.4 Å². The smallest absolute Gasteiger partial charge is 0.165 e. The normalized spacial score (nSPS) is 18.6. The second-order valence-electron chi connectivity index (χ2n) is 10.8. The average molecular weight is 500 g/mol. The lowest BCUT2D eigenvalue weighted by atomic mass is 9.83. The molecule has 2 radical (unpaired) electrons. The van der Waals surface area contributed by atoms with Crippen molar-refractivity contribution in [3.8, 4) is 0 Å². The van der Waals surface area contributed by atoms with Crippen LogP contribution in [0.4, 0.5) is 5.69 Å². The van der Waals surface area contributed by atoms with Crippen molar-refractivity contribution >= 4 is 22.4 Å². The molecule has 6 heteroatoms. The van der Waals surface area contributed by atoms with Crippen LogP contribution >= 0.6 is 0 Å². The van der Waals surface area contributed by atoms with Crippen molar-refractivity contribution in [3.63, 3.8) is 0 Å². The van der Waals surface area contributed by atoms with Crippen LogP contribution in [0.5, 0.6) is 0 Å². The molecule has 6 nitrogen and oxygen atoms in total. The summed E-state index contributed by atoms with van der Waals surface area (Å²) >= 11 is 0. The third-order valence-corrected chi connectivity index (χ3v) is 8.09. The van der Waals surface area contributed by atoms with Crippen molar-refractivity contribution in [1.29, 1.82) is 0 Å². The van der Waals surface area contributed by atoms with Crippen LogP contribution in [-0.4, -0.2) is 28.9 Å². The molecule has 0 aliphatic heterocycles. The zero-order chi connectivity index (χ0) is 25.6. The molecule has 2 aliphatic rings. The lowest BCUT2D eigenvalue weighted by molar-refractivity contribution is -0.118. The summed E-state index contributed by atoms with van der Waals surface area (Å²) in [7, 11) is 0. The first-order chi connectivity index (χ1) is 18.1. The highest BCUT2D eigenvalue weighted by atomic mass is 16.1. The van der Waals surface area contributed by atoms with Gasteiger partial charge in [0.1, 0.15) is 12.1 Å². The summed E-state index contributed by atoms with van der Waals surface area (Å²) in [5.41, 5.74) is 16.6. The van der Waals surface area contributed by atoms with Crippen LogP contribution in [0.3, 0.4) is 0 Å². The fraction of sp³-hybridized carbons (Fsp3) is 0.452. The number of ketones is 1. The van der Waals surface area contributed by atoms with Crippen molar-refractivity contribution < 1.29 is 4.79 Å². The number of hydrogen-bond donors (Lipinski definition) is 5. The fourth-order valence-corrected chi connectivity index (χ4v) is 6.02. The van der Waals surface area contributed by atoms with E-state index < -0.39 is 6.04 Å². The van der Waals surface area contributed by atoms with Gasteiger partial charge in [0.05, 0.1) is 6.04 Å². The Hall–Kier alpha value is -2.67. The average Bonchev–Trinajstić information content (AvgIpc) is 3.33. The summed E-state index contributed by atoms with van der Waals surface area (Å²) in [6.45, 7) is 0. The maximum absolute atomic E-state index is 14.3. The third kappa shape index (κ3) is 6.25. The highest BCUT2D eigenvalue weighted by molar-refractivity contribution is 6.04. The molecule has 2 aliphatic carbocycles. The molecule has 1 unspecified atom stereocenters. The molecule has 2 fully saturated rings. The van der Waals surface area contributed by atoms with E-state index in [-0.39, 0.29) is 5.78 Å². The number of nitrogens with two attached hydrogens (primary N) is 2. The van der Waals surface area contributed by atoms with E-state index in [1.807, 2.05) is 48.7 Å².